The standard InChI is InChI=1S/C12H17Cl2NO2S/c1-8(7-18(3,16)17)15-9(2)10-5-4-6-11(13)12(10)14/h4-6,8-9,15H,7H2,1-3H3. The fourth-order valence-corrected chi connectivity index (χ4v) is 3.35. The molecule has 0 spiro atoms. The predicted octanol–water partition coefficient (Wildman–Crippen LogP) is 3.08. The van der Waals surface area contributed by atoms with Gasteiger partial charge in [-0.05, 0) is 25.5 Å². The maximum absolute atomic E-state index is 11.2. The summed E-state index contributed by atoms with van der Waals surface area (Å²) in [6.07, 6.45) is 1.22. The second-order valence-corrected chi connectivity index (χ2v) is 7.49. The first-order chi connectivity index (χ1) is 8.20. The van der Waals surface area contributed by atoms with Crippen LogP contribution in [0.25, 0.3) is 0 Å². The van der Waals surface area contributed by atoms with E-state index in [1.165, 1.54) is 6.26 Å². The average Bonchev–Trinajstić information content (AvgIpc) is 2.18. The topological polar surface area (TPSA) is 46.2 Å². The van der Waals surface area contributed by atoms with Gasteiger partial charge in [-0.3, -0.25) is 0 Å². The Balaban J connectivity index is 2.77. The van der Waals surface area contributed by atoms with Crippen LogP contribution in [0.1, 0.15) is 25.5 Å². The Bertz CT molecular complexity index is 517. The van der Waals surface area contributed by atoms with Crippen LogP contribution < -0.4 is 5.32 Å². The molecule has 0 aliphatic rings. The summed E-state index contributed by atoms with van der Waals surface area (Å²) in [6, 6.07) is 5.21. The van der Waals surface area contributed by atoms with E-state index < -0.39 is 9.84 Å². The summed E-state index contributed by atoms with van der Waals surface area (Å²) >= 11 is 12.1. The maximum atomic E-state index is 11.2. The molecule has 1 aromatic rings. The molecule has 0 radical (unpaired) electrons. The van der Waals surface area contributed by atoms with Crippen molar-refractivity contribution in [3.8, 4) is 0 Å². The smallest absolute Gasteiger partial charge is 0.148 e. The van der Waals surface area contributed by atoms with Crippen LogP contribution in [0.4, 0.5) is 0 Å². The van der Waals surface area contributed by atoms with E-state index in [0.29, 0.717) is 10.0 Å². The van der Waals surface area contributed by atoms with E-state index in [4.69, 9.17) is 23.2 Å². The molecule has 0 aromatic heterocycles. The van der Waals surface area contributed by atoms with Crippen molar-refractivity contribution >= 4 is 33.0 Å². The van der Waals surface area contributed by atoms with E-state index in [1.807, 2.05) is 26.0 Å². The van der Waals surface area contributed by atoms with Crippen molar-refractivity contribution in [2.24, 2.45) is 0 Å². The Kier molecular flexibility index (Phi) is 5.46. The number of benzene rings is 1. The minimum Gasteiger partial charge on any atom is -0.307 e. The molecule has 0 aliphatic carbocycles. The number of hydrogen-bond acceptors (Lipinski definition) is 3. The third-order valence-corrected chi connectivity index (χ3v) is 4.47. The van der Waals surface area contributed by atoms with E-state index in [1.54, 1.807) is 6.07 Å². The highest BCUT2D eigenvalue weighted by Gasteiger charge is 2.16. The predicted molar refractivity (Wildman–Crippen MR) is 77.2 cm³/mol. The highest BCUT2D eigenvalue weighted by atomic mass is 35.5. The van der Waals surface area contributed by atoms with Crippen LogP contribution in [0.5, 0.6) is 0 Å². The molecule has 0 saturated carbocycles. The Morgan fingerprint density at radius 1 is 1.28 bits per heavy atom. The molecule has 2 unspecified atom stereocenters. The molecule has 0 bridgehead atoms. The number of nitrogens with one attached hydrogen (secondary N) is 1. The molecule has 18 heavy (non-hydrogen) atoms. The molecule has 0 heterocycles. The molecule has 0 saturated heterocycles. The number of halogens is 2. The largest absolute Gasteiger partial charge is 0.307 e. The summed E-state index contributed by atoms with van der Waals surface area (Å²) in [5.41, 5.74) is 0.865. The first-order valence-electron chi connectivity index (χ1n) is 5.58. The van der Waals surface area contributed by atoms with E-state index in [9.17, 15) is 8.42 Å². The number of sulfone groups is 1. The molecule has 0 aliphatic heterocycles. The Hall–Kier alpha value is -0.290. The molecule has 1 aromatic carbocycles. The van der Waals surface area contributed by atoms with Gasteiger partial charge in [-0.2, -0.15) is 0 Å². The minimum atomic E-state index is -2.99. The van der Waals surface area contributed by atoms with Crippen LogP contribution in [-0.2, 0) is 9.84 Å². The third kappa shape index (κ3) is 4.76. The van der Waals surface area contributed by atoms with E-state index in [0.717, 1.165) is 5.56 Å². The molecule has 0 fully saturated rings. The molecule has 6 heteroatoms. The van der Waals surface area contributed by atoms with Gasteiger partial charge >= 0.3 is 0 Å². The lowest BCUT2D eigenvalue weighted by atomic mass is 10.1. The van der Waals surface area contributed by atoms with Gasteiger partial charge in [0.1, 0.15) is 9.84 Å². The maximum Gasteiger partial charge on any atom is 0.148 e. The highest BCUT2D eigenvalue weighted by molar-refractivity contribution is 7.90. The van der Waals surface area contributed by atoms with E-state index in [2.05, 4.69) is 5.32 Å². The Morgan fingerprint density at radius 2 is 1.89 bits per heavy atom. The van der Waals surface area contributed by atoms with Crippen molar-refractivity contribution in [3.63, 3.8) is 0 Å². The molecular formula is C12H17Cl2NO2S. The molecule has 102 valence electrons. The summed E-state index contributed by atoms with van der Waals surface area (Å²) in [5.74, 6) is 0.0928. The van der Waals surface area contributed by atoms with Gasteiger partial charge in [0.2, 0.25) is 0 Å². The highest BCUT2D eigenvalue weighted by Crippen LogP contribution is 2.29. The van der Waals surface area contributed by atoms with Gasteiger partial charge < -0.3 is 5.32 Å². The van der Waals surface area contributed by atoms with Crippen molar-refractivity contribution in [2.45, 2.75) is 25.9 Å². The molecular weight excluding hydrogens is 293 g/mol. The molecule has 3 nitrogen and oxygen atoms in total. The summed E-state index contributed by atoms with van der Waals surface area (Å²) < 4.78 is 22.4. The monoisotopic (exact) mass is 309 g/mol. The zero-order valence-electron chi connectivity index (χ0n) is 10.6. The van der Waals surface area contributed by atoms with Crippen LogP contribution in [0.3, 0.4) is 0 Å². The Morgan fingerprint density at radius 3 is 2.44 bits per heavy atom. The first-order valence-corrected chi connectivity index (χ1v) is 8.40. The van der Waals surface area contributed by atoms with Crippen LogP contribution in [0.2, 0.25) is 10.0 Å². The van der Waals surface area contributed by atoms with Crippen LogP contribution >= 0.6 is 23.2 Å². The second kappa shape index (κ2) is 6.24. The van der Waals surface area contributed by atoms with Gasteiger partial charge in [-0.1, -0.05) is 35.3 Å². The molecule has 1 rings (SSSR count). The van der Waals surface area contributed by atoms with Crippen LogP contribution in [0, 0.1) is 0 Å². The van der Waals surface area contributed by atoms with Gasteiger partial charge in [-0.15, -0.1) is 0 Å². The van der Waals surface area contributed by atoms with Crippen molar-refractivity contribution in [1.29, 1.82) is 0 Å². The molecule has 2 atom stereocenters. The van der Waals surface area contributed by atoms with Crippen molar-refractivity contribution in [3.05, 3.63) is 33.8 Å². The van der Waals surface area contributed by atoms with Crippen molar-refractivity contribution < 1.29 is 8.42 Å². The van der Waals surface area contributed by atoms with Gasteiger partial charge in [0.25, 0.3) is 0 Å². The normalized spacial score (nSPS) is 15.4. The fourth-order valence-electron chi connectivity index (χ4n) is 1.87. The molecule has 1 N–H and O–H groups in total. The quantitative estimate of drug-likeness (QED) is 0.909. The summed E-state index contributed by atoms with van der Waals surface area (Å²) in [5, 5.41) is 4.20. The minimum absolute atomic E-state index is 0.0621. The number of hydrogen-bond donors (Lipinski definition) is 1. The fraction of sp³-hybridized carbons (Fsp3) is 0.500. The average molecular weight is 310 g/mol. The van der Waals surface area contributed by atoms with Gasteiger partial charge in [0, 0.05) is 18.3 Å². The Labute approximate surface area is 118 Å². The summed E-state index contributed by atoms with van der Waals surface area (Å²) in [6.45, 7) is 3.76. The third-order valence-electron chi connectivity index (χ3n) is 2.54. The lowest BCUT2D eigenvalue weighted by Crippen LogP contribution is -2.34. The summed E-state index contributed by atoms with van der Waals surface area (Å²) in [7, 11) is -2.99. The van der Waals surface area contributed by atoms with Crippen LogP contribution in [0.15, 0.2) is 18.2 Å². The second-order valence-electron chi connectivity index (χ2n) is 4.52. The van der Waals surface area contributed by atoms with Crippen molar-refractivity contribution in [1.82, 2.24) is 5.32 Å². The van der Waals surface area contributed by atoms with Gasteiger partial charge in [0.15, 0.2) is 0 Å². The zero-order chi connectivity index (χ0) is 13.9. The SMILES string of the molecule is CC(CS(C)(=O)=O)NC(C)c1cccc(Cl)c1Cl. The van der Waals surface area contributed by atoms with Crippen molar-refractivity contribution in [2.75, 3.05) is 12.0 Å². The number of rotatable bonds is 5. The lowest BCUT2D eigenvalue weighted by Gasteiger charge is -2.21. The van der Waals surface area contributed by atoms with Gasteiger partial charge in [0.05, 0.1) is 15.8 Å². The van der Waals surface area contributed by atoms with Gasteiger partial charge in [-0.25, -0.2) is 8.42 Å². The van der Waals surface area contributed by atoms with Crippen LogP contribution in [-0.4, -0.2) is 26.5 Å². The first kappa shape index (κ1) is 15.8. The lowest BCUT2D eigenvalue weighted by molar-refractivity contribution is 0.501. The van der Waals surface area contributed by atoms with E-state index >= 15 is 0 Å². The summed E-state index contributed by atoms with van der Waals surface area (Å²) in [4.78, 5) is 0. The van der Waals surface area contributed by atoms with E-state index in [-0.39, 0.29) is 17.8 Å². The molecule has 0 amide bonds. The zero-order valence-corrected chi connectivity index (χ0v) is 12.9.